The summed E-state index contributed by atoms with van der Waals surface area (Å²) >= 11 is 1.17. The third kappa shape index (κ3) is 4.78. The van der Waals surface area contributed by atoms with Gasteiger partial charge in [-0.1, -0.05) is 31.5 Å². The van der Waals surface area contributed by atoms with E-state index in [0.29, 0.717) is 30.8 Å². The number of rotatable bonds is 7. The van der Waals surface area contributed by atoms with Gasteiger partial charge in [-0.25, -0.2) is 21.6 Å². The molecule has 0 atom stereocenters. The topological polar surface area (TPSA) is 83.6 Å². The first-order valence-electron chi connectivity index (χ1n) is 8.98. The van der Waals surface area contributed by atoms with E-state index in [9.17, 15) is 16.8 Å². The molecule has 0 amide bonds. The van der Waals surface area contributed by atoms with E-state index >= 15 is 0 Å². The number of sulfonamides is 2. The lowest BCUT2D eigenvalue weighted by atomic mass is 10.1. The Balaban J connectivity index is 1.62. The Morgan fingerprint density at radius 3 is 2.30 bits per heavy atom. The molecular weight excluding hydrogens is 404 g/mol. The molecule has 1 saturated heterocycles. The van der Waals surface area contributed by atoms with Crippen LogP contribution in [0, 0.1) is 0 Å². The van der Waals surface area contributed by atoms with Crippen LogP contribution in [0.2, 0.25) is 0 Å². The molecule has 9 heteroatoms. The molecule has 0 unspecified atom stereocenters. The van der Waals surface area contributed by atoms with Gasteiger partial charge in [0.25, 0.3) is 0 Å². The Hall–Kier alpha value is -1.26. The highest BCUT2D eigenvalue weighted by Gasteiger charge is 2.31. The van der Waals surface area contributed by atoms with Crippen LogP contribution in [0.25, 0.3) is 0 Å². The van der Waals surface area contributed by atoms with E-state index in [4.69, 9.17) is 0 Å². The van der Waals surface area contributed by atoms with E-state index in [0.717, 1.165) is 18.4 Å². The zero-order chi connectivity index (χ0) is 19.5. The molecule has 6 nitrogen and oxygen atoms in total. The number of thiophene rings is 1. The fraction of sp³-hybridized carbons (Fsp3) is 0.444. The van der Waals surface area contributed by atoms with Crippen LogP contribution in [0.15, 0.2) is 50.9 Å². The van der Waals surface area contributed by atoms with Crippen molar-refractivity contribution in [2.45, 2.75) is 47.8 Å². The van der Waals surface area contributed by atoms with Crippen LogP contribution in [0.1, 0.15) is 31.7 Å². The first-order chi connectivity index (χ1) is 12.8. The first kappa shape index (κ1) is 20.5. The summed E-state index contributed by atoms with van der Waals surface area (Å²) in [6.07, 6.45) is 2.85. The molecule has 1 N–H and O–H groups in total. The van der Waals surface area contributed by atoms with Gasteiger partial charge in [-0.2, -0.15) is 4.31 Å². The molecular formula is C18H24N2O4S3. The van der Waals surface area contributed by atoms with Crippen molar-refractivity contribution in [3.63, 3.8) is 0 Å². The van der Waals surface area contributed by atoms with Gasteiger partial charge in [-0.05, 0) is 48.4 Å². The summed E-state index contributed by atoms with van der Waals surface area (Å²) in [7, 11) is -7.08. The SMILES string of the molecule is CCCc1ccc(S(=O)(=O)N2CCC(NS(=O)(=O)c3cccs3)CC2)cc1. The van der Waals surface area contributed by atoms with Crippen molar-refractivity contribution in [1.29, 1.82) is 0 Å². The van der Waals surface area contributed by atoms with E-state index in [1.54, 1.807) is 29.6 Å². The van der Waals surface area contributed by atoms with Gasteiger partial charge in [0.05, 0.1) is 4.90 Å². The maximum atomic E-state index is 12.8. The average Bonchev–Trinajstić information content (AvgIpc) is 3.18. The first-order valence-corrected chi connectivity index (χ1v) is 12.8. The van der Waals surface area contributed by atoms with Crippen molar-refractivity contribution < 1.29 is 16.8 Å². The number of benzene rings is 1. The third-order valence-electron chi connectivity index (χ3n) is 4.64. The smallest absolute Gasteiger partial charge is 0.207 e. The summed E-state index contributed by atoms with van der Waals surface area (Å²) in [6, 6.07) is 10.0. The molecule has 2 heterocycles. The highest BCUT2D eigenvalue weighted by Crippen LogP contribution is 2.23. The van der Waals surface area contributed by atoms with Gasteiger partial charge in [-0.15, -0.1) is 11.3 Å². The summed E-state index contributed by atoms with van der Waals surface area (Å²) < 4.78 is 54.7. The quantitative estimate of drug-likeness (QED) is 0.735. The van der Waals surface area contributed by atoms with E-state index in [2.05, 4.69) is 11.6 Å². The van der Waals surface area contributed by atoms with Gasteiger partial charge in [0, 0.05) is 19.1 Å². The summed E-state index contributed by atoms with van der Waals surface area (Å²) in [5.41, 5.74) is 1.12. The van der Waals surface area contributed by atoms with Crippen LogP contribution < -0.4 is 4.72 Å². The number of aryl methyl sites for hydroxylation is 1. The lowest BCUT2D eigenvalue weighted by Crippen LogP contribution is -2.46. The normalized spacial score (nSPS) is 17.2. The Morgan fingerprint density at radius 1 is 1.07 bits per heavy atom. The van der Waals surface area contributed by atoms with Gasteiger partial charge >= 0.3 is 0 Å². The zero-order valence-corrected chi connectivity index (χ0v) is 17.6. The van der Waals surface area contributed by atoms with Crippen LogP contribution >= 0.6 is 11.3 Å². The fourth-order valence-corrected chi connectivity index (χ4v) is 6.96. The van der Waals surface area contributed by atoms with Crippen molar-refractivity contribution in [2.24, 2.45) is 0 Å². The lowest BCUT2D eigenvalue weighted by Gasteiger charge is -2.31. The van der Waals surface area contributed by atoms with Crippen molar-refractivity contribution in [3.05, 3.63) is 47.3 Å². The molecule has 2 aromatic rings. The highest BCUT2D eigenvalue weighted by molar-refractivity contribution is 7.91. The van der Waals surface area contributed by atoms with Crippen LogP contribution in [-0.2, 0) is 26.5 Å². The van der Waals surface area contributed by atoms with Crippen LogP contribution in [-0.4, -0.2) is 40.3 Å². The fourth-order valence-electron chi connectivity index (χ4n) is 3.17. The van der Waals surface area contributed by atoms with Gasteiger partial charge in [0.2, 0.25) is 20.0 Å². The Morgan fingerprint density at radius 2 is 1.74 bits per heavy atom. The van der Waals surface area contributed by atoms with E-state index in [1.807, 2.05) is 12.1 Å². The summed E-state index contributed by atoms with van der Waals surface area (Å²) in [5, 5.41) is 1.72. The minimum absolute atomic E-state index is 0.254. The summed E-state index contributed by atoms with van der Waals surface area (Å²) in [6.45, 7) is 2.69. The molecule has 1 aliphatic heterocycles. The third-order valence-corrected chi connectivity index (χ3v) is 9.47. The highest BCUT2D eigenvalue weighted by atomic mass is 32.2. The molecule has 148 valence electrons. The van der Waals surface area contributed by atoms with Crippen LogP contribution in [0.5, 0.6) is 0 Å². The predicted molar refractivity (Wildman–Crippen MR) is 107 cm³/mol. The van der Waals surface area contributed by atoms with Gasteiger partial charge in [-0.3, -0.25) is 0 Å². The number of hydrogen-bond acceptors (Lipinski definition) is 5. The molecule has 0 radical (unpaired) electrons. The summed E-state index contributed by atoms with van der Waals surface area (Å²) in [5.74, 6) is 0. The molecule has 27 heavy (non-hydrogen) atoms. The maximum absolute atomic E-state index is 12.8. The largest absolute Gasteiger partial charge is 0.250 e. The second-order valence-corrected chi connectivity index (χ2v) is 11.5. The lowest BCUT2D eigenvalue weighted by molar-refractivity contribution is 0.308. The summed E-state index contributed by atoms with van der Waals surface area (Å²) in [4.78, 5) is 0.292. The van der Waals surface area contributed by atoms with Crippen molar-refractivity contribution >= 4 is 31.4 Å². The molecule has 1 aromatic carbocycles. The standard InChI is InChI=1S/C18H24N2O4S3/c1-2-4-15-6-8-17(9-7-15)27(23,24)20-12-10-16(11-13-20)19-26(21,22)18-5-3-14-25-18/h3,5-9,14,16,19H,2,4,10-13H2,1H3. The minimum atomic E-state index is -3.55. The number of nitrogens with zero attached hydrogens (tertiary/aromatic N) is 1. The minimum Gasteiger partial charge on any atom is -0.207 e. The van der Waals surface area contributed by atoms with Gasteiger partial charge in [0.1, 0.15) is 4.21 Å². The van der Waals surface area contributed by atoms with Crippen molar-refractivity contribution in [2.75, 3.05) is 13.1 Å². The molecule has 1 aromatic heterocycles. The molecule has 0 aliphatic carbocycles. The molecule has 1 aliphatic rings. The molecule has 0 bridgehead atoms. The predicted octanol–water partition coefficient (Wildman–Crippen LogP) is 2.83. The zero-order valence-electron chi connectivity index (χ0n) is 15.2. The number of hydrogen-bond donors (Lipinski definition) is 1. The van der Waals surface area contributed by atoms with Crippen LogP contribution in [0.3, 0.4) is 0 Å². The Bertz CT molecular complexity index is 945. The molecule has 1 fully saturated rings. The molecule has 3 rings (SSSR count). The molecule has 0 spiro atoms. The average molecular weight is 429 g/mol. The Kier molecular flexibility index (Phi) is 6.37. The van der Waals surface area contributed by atoms with E-state index in [-0.39, 0.29) is 10.3 Å². The second-order valence-electron chi connectivity index (χ2n) is 6.63. The van der Waals surface area contributed by atoms with E-state index < -0.39 is 20.0 Å². The van der Waals surface area contributed by atoms with E-state index in [1.165, 1.54) is 15.6 Å². The van der Waals surface area contributed by atoms with Gasteiger partial charge in [0.15, 0.2) is 0 Å². The van der Waals surface area contributed by atoms with Crippen molar-refractivity contribution in [1.82, 2.24) is 9.03 Å². The second kappa shape index (κ2) is 8.40. The number of piperidine rings is 1. The van der Waals surface area contributed by atoms with Crippen LogP contribution in [0.4, 0.5) is 0 Å². The maximum Gasteiger partial charge on any atom is 0.250 e. The Labute approximate surface area is 165 Å². The molecule has 0 saturated carbocycles. The van der Waals surface area contributed by atoms with Crippen molar-refractivity contribution in [3.8, 4) is 0 Å². The number of nitrogens with one attached hydrogen (secondary N) is 1. The van der Waals surface area contributed by atoms with Gasteiger partial charge < -0.3 is 0 Å². The monoisotopic (exact) mass is 428 g/mol.